The summed E-state index contributed by atoms with van der Waals surface area (Å²) in [6.45, 7) is 3.74. The van der Waals surface area contributed by atoms with Gasteiger partial charge in [-0.3, -0.25) is 0 Å². The van der Waals surface area contributed by atoms with Crippen LogP contribution in [0.15, 0.2) is 22.7 Å². The second kappa shape index (κ2) is 4.06. The second-order valence-electron chi connectivity index (χ2n) is 3.39. The summed E-state index contributed by atoms with van der Waals surface area (Å²) in [5.41, 5.74) is 1.50. The van der Waals surface area contributed by atoms with Crippen molar-refractivity contribution in [2.45, 2.75) is 13.8 Å². The van der Waals surface area contributed by atoms with Gasteiger partial charge in [0.2, 0.25) is 0 Å². The van der Waals surface area contributed by atoms with E-state index in [1.165, 1.54) is 0 Å². The third kappa shape index (κ3) is 1.84. The van der Waals surface area contributed by atoms with E-state index in [9.17, 15) is 0 Å². The standard InChI is InChI=1S/C11H9BrN4/c1-7-14-8(2)16(15-7)10-4-3-9(6-13)11(12)5-10/h3-5H,1-2H3. The molecule has 4 nitrogen and oxygen atoms in total. The lowest BCUT2D eigenvalue weighted by Crippen LogP contribution is -1.99. The first-order valence-electron chi connectivity index (χ1n) is 4.72. The topological polar surface area (TPSA) is 54.5 Å². The van der Waals surface area contributed by atoms with E-state index < -0.39 is 0 Å². The number of rotatable bonds is 1. The molecule has 2 rings (SSSR count). The molecule has 2 aromatic rings. The Morgan fingerprint density at radius 2 is 2.12 bits per heavy atom. The van der Waals surface area contributed by atoms with Gasteiger partial charge in [-0.2, -0.15) is 10.4 Å². The van der Waals surface area contributed by atoms with Crippen LogP contribution in [0.25, 0.3) is 5.69 Å². The molecule has 0 atom stereocenters. The van der Waals surface area contributed by atoms with Gasteiger partial charge < -0.3 is 0 Å². The van der Waals surface area contributed by atoms with E-state index in [1.807, 2.05) is 26.0 Å². The van der Waals surface area contributed by atoms with Crippen LogP contribution >= 0.6 is 15.9 Å². The molecule has 0 N–H and O–H groups in total. The molecule has 0 saturated heterocycles. The zero-order chi connectivity index (χ0) is 11.7. The molecule has 0 saturated carbocycles. The smallest absolute Gasteiger partial charge is 0.148 e. The monoisotopic (exact) mass is 276 g/mol. The zero-order valence-electron chi connectivity index (χ0n) is 8.90. The largest absolute Gasteiger partial charge is 0.218 e. The molecule has 80 valence electrons. The fraction of sp³-hybridized carbons (Fsp3) is 0.182. The van der Waals surface area contributed by atoms with Crippen molar-refractivity contribution in [3.05, 3.63) is 39.9 Å². The van der Waals surface area contributed by atoms with Gasteiger partial charge in [0, 0.05) is 4.47 Å². The van der Waals surface area contributed by atoms with Crippen LogP contribution in [-0.4, -0.2) is 14.8 Å². The molecule has 0 radical (unpaired) electrons. The summed E-state index contributed by atoms with van der Waals surface area (Å²) in [7, 11) is 0. The van der Waals surface area contributed by atoms with E-state index >= 15 is 0 Å². The number of aryl methyl sites for hydroxylation is 2. The molecule has 5 heteroatoms. The fourth-order valence-electron chi connectivity index (χ4n) is 1.49. The van der Waals surface area contributed by atoms with E-state index in [-0.39, 0.29) is 0 Å². The third-order valence-electron chi connectivity index (χ3n) is 2.19. The summed E-state index contributed by atoms with van der Waals surface area (Å²) in [6.07, 6.45) is 0. The van der Waals surface area contributed by atoms with Gasteiger partial charge in [0.15, 0.2) is 0 Å². The Hall–Kier alpha value is -1.67. The number of benzene rings is 1. The summed E-state index contributed by atoms with van der Waals surface area (Å²) in [5, 5.41) is 13.1. The van der Waals surface area contributed by atoms with Crippen LogP contribution in [0.4, 0.5) is 0 Å². The number of aromatic nitrogens is 3. The highest BCUT2D eigenvalue weighted by molar-refractivity contribution is 9.10. The van der Waals surface area contributed by atoms with Gasteiger partial charge in [-0.25, -0.2) is 9.67 Å². The minimum atomic E-state index is 0.609. The van der Waals surface area contributed by atoms with Crippen LogP contribution < -0.4 is 0 Å². The summed E-state index contributed by atoms with van der Waals surface area (Å²) in [4.78, 5) is 4.23. The first-order chi connectivity index (χ1) is 7.61. The van der Waals surface area contributed by atoms with Crippen molar-refractivity contribution in [1.82, 2.24) is 14.8 Å². The zero-order valence-corrected chi connectivity index (χ0v) is 10.5. The summed E-state index contributed by atoms with van der Waals surface area (Å²) < 4.78 is 2.52. The maximum absolute atomic E-state index is 8.82. The minimum absolute atomic E-state index is 0.609. The van der Waals surface area contributed by atoms with E-state index in [1.54, 1.807) is 10.7 Å². The van der Waals surface area contributed by atoms with Gasteiger partial charge in [-0.15, -0.1) is 0 Å². The average Bonchev–Trinajstić information content (AvgIpc) is 2.58. The number of halogens is 1. The van der Waals surface area contributed by atoms with Crippen molar-refractivity contribution in [3.8, 4) is 11.8 Å². The number of hydrogen-bond donors (Lipinski definition) is 0. The average molecular weight is 277 g/mol. The van der Waals surface area contributed by atoms with Crippen LogP contribution in [0, 0.1) is 25.2 Å². The van der Waals surface area contributed by atoms with Gasteiger partial charge in [0.25, 0.3) is 0 Å². The van der Waals surface area contributed by atoms with Gasteiger partial charge in [0.05, 0.1) is 11.3 Å². The van der Waals surface area contributed by atoms with E-state index in [0.29, 0.717) is 5.56 Å². The molecule has 0 unspecified atom stereocenters. The SMILES string of the molecule is Cc1nc(C)n(-c2ccc(C#N)c(Br)c2)n1. The lowest BCUT2D eigenvalue weighted by molar-refractivity contribution is 0.830. The van der Waals surface area contributed by atoms with Crippen LogP contribution in [0.2, 0.25) is 0 Å². The maximum atomic E-state index is 8.82. The minimum Gasteiger partial charge on any atom is -0.218 e. The van der Waals surface area contributed by atoms with E-state index in [0.717, 1.165) is 21.8 Å². The molecule has 0 aliphatic carbocycles. The molecule has 0 bridgehead atoms. The van der Waals surface area contributed by atoms with Crippen LogP contribution in [-0.2, 0) is 0 Å². The van der Waals surface area contributed by atoms with E-state index in [4.69, 9.17) is 5.26 Å². The normalized spacial score (nSPS) is 10.1. The van der Waals surface area contributed by atoms with Crippen LogP contribution in [0.5, 0.6) is 0 Å². The fourth-order valence-corrected chi connectivity index (χ4v) is 1.95. The van der Waals surface area contributed by atoms with Crippen LogP contribution in [0.3, 0.4) is 0 Å². The molecule has 16 heavy (non-hydrogen) atoms. The molecular formula is C11H9BrN4. The van der Waals surface area contributed by atoms with Gasteiger partial charge in [-0.1, -0.05) is 0 Å². The first kappa shape index (κ1) is 10.8. The van der Waals surface area contributed by atoms with Gasteiger partial charge in [-0.05, 0) is 48.0 Å². The van der Waals surface area contributed by atoms with Crippen molar-refractivity contribution < 1.29 is 0 Å². The van der Waals surface area contributed by atoms with Crippen LogP contribution in [0.1, 0.15) is 17.2 Å². The predicted molar refractivity (Wildman–Crippen MR) is 63.2 cm³/mol. The molecule has 0 fully saturated rings. The Labute approximate surface area is 102 Å². The van der Waals surface area contributed by atoms with Crippen molar-refractivity contribution in [1.29, 1.82) is 5.26 Å². The number of hydrogen-bond acceptors (Lipinski definition) is 3. The molecular weight excluding hydrogens is 268 g/mol. The predicted octanol–water partition coefficient (Wildman–Crippen LogP) is 2.52. The molecule has 0 aliphatic rings. The molecule has 0 amide bonds. The quantitative estimate of drug-likeness (QED) is 0.804. The summed E-state index contributed by atoms with van der Waals surface area (Å²) in [5.74, 6) is 1.56. The second-order valence-corrected chi connectivity index (χ2v) is 4.25. The summed E-state index contributed by atoms with van der Waals surface area (Å²) >= 11 is 3.35. The van der Waals surface area contributed by atoms with Gasteiger partial charge in [0.1, 0.15) is 17.7 Å². The van der Waals surface area contributed by atoms with Crippen molar-refractivity contribution >= 4 is 15.9 Å². The Morgan fingerprint density at radius 1 is 1.38 bits per heavy atom. The molecule has 0 aliphatic heterocycles. The van der Waals surface area contributed by atoms with E-state index in [2.05, 4.69) is 32.1 Å². The Balaban J connectivity index is 2.54. The summed E-state index contributed by atoms with van der Waals surface area (Å²) in [6, 6.07) is 7.57. The van der Waals surface area contributed by atoms with Gasteiger partial charge >= 0.3 is 0 Å². The first-order valence-corrected chi connectivity index (χ1v) is 5.51. The highest BCUT2D eigenvalue weighted by atomic mass is 79.9. The molecule has 1 aromatic heterocycles. The number of nitriles is 1. The molecule has 1 heterocycles. The lowest BCUT2D eigenvalue weighted by atomic mass is 10.2. The highest BCUT2D eigenvalue weighted by Gasteiger charge is 2.07. The van der Waals surface area contributed by atoms with Crippen molar-refractivity contribution in [3.63, 3.8) is 0 Å². The van der Waals surface area contributed by atoms with Crippen molar-refractivity contribution in [2.75, 3.05) is 0 Å². The highest BCUT2D eigenvalue weighted by Crippen LogP contribution is 2.20. The maximum Gasteiger partial charge on any atom is 0.148 e. The Morgan fingerprint density at radius 3 is 2.62 bits per heavy atom. The Kier molecular flexibility index (Phi) is 2.75. The molecule has 1 aromatic carbocycles. The lowest BCUT2D eigenvalue weighted by Gasteiger charge is -2.04. The molecule has 0 spiro atoms. The van der Waals surface area contributed by atoms with Crippen molar-refractivity contribution in [2.24, 2.45) is 0 Å². The third-order valence-corrected chi connectivity index (χ3v) is 2.85. The number of nitrogens with zero attached hydrogens (tertiary/aromatic N) is 4. The Bertz CT molecular complexity index is 580.